The summed E-state index contributed by atoms with van der Waals surface area (Å²) < 4.78 is 32.5. The van der Waals surface area contributed by atoms with Crippen LogP contribution in [-0.4, -0.2) is 32.9 Å². The number of ether oxygens (including phenoxy) is 2. The van der Waals surface area contributed by atoms with Gasteiger partial charge in [-0.1, -0.05) is 23.9 Å². The third-order valence-corrected chi connectivity index (χ3v) is 6.17. The Morgan fingerprint density at radius 3 is 2.67 bits per heavy atom. The van der Waals surface area contributed by atoms with Crippen molar-refractivity contribution in [3.05, 3.63) is 83.3 Å². The summed E-state index contributed by atoms with van der Waals surface area (Å²) in [6.45, 7) is 4.05. The summed E-state index contributed by atoms with van der Waals surface area (Å²) in [6, 6.07) is 15.4. The van der Waals surface area contributed by atoms with E-state index in [0.29, 0.717) is 23.0 Å². The van der Waals surface area contributed by atoms with Crippen LogP contribution in [0.5, 0.6) is 11.5 Å². The molecule has 33 heavy (non-hydrogen) atoms. The lowest BCUT2D eigenvalue weighted by Crippen LogP contribution is -2.21. The van der Waals surface area contributed by atoms with Crippen molar-refractivity contribution in [2.45, 2.75) is 25.2 Å². The second-order valence-corrected chi connectivity index (χ2v) is 8.51. The van der Waals surface area contributed by atoms with Crippen LogP contribution in [0.4, 0.5) is 4.39 Å². The average molecular weight is 466 g/mol. The lowest BCUT2D eigenvalue weighted by Gasteiger charge is -2.23. The van der Waals surface area contributed by atoms with Crippen LogP contribution in [0.1, 0.15) is 33.7 Å². The van der Waals surface area contributed by atoms with E-state index >= 15 is 0 Å². The van der Waals surface area contributed by atoms with Crippen LogP contribution in [0.25, 0.3) is 5.69 Å². The monoisotopic (exact) mass is 465 g/mol. The Hall–Kier alpha value is -3.59. The molecule has 9 heteroatoms. The topological polar surface area (TPSA) is 79.4 Å². The summed E-state index contributed by atoms with van der Waals surface area (Å²) >= 11 is 1.17. The van der Waals surface area contributed by atoms with Gasteiger partial charge in [0.2, 0.25) is 6.10 Å². The van der Waals surface area contributed by atoms with Crippen LogP contribution in [0.2, 0.25) is 0 Å². The van der Waals surface area contributed by atoms with Crippen molar-refractivity contribution in [1.29, 1.82) is 0 Å². The first kappa shape index (κ1) is 21.3. The third kappa shape index (κ3) is 4.23. The molecule has 1 aliphatic rings. The number of aromatic nitrogens is 3. The van der Waals surface area contributed by atoms with Crippen molar-refractivity contribution in [2.24, 2.45) is 0 Å². The number of ketones is 1. The molecule has 4 aromatic rings. The summed E-state index contributed by atoms with van der Waals surface area (Å²) in [5, 5.41) is 8.37. The van der Waals surface area contributed by atoms with Gasteiger partial charge < -0.3 is 18.5 Å². The molecule has 1 atom stereocenters. The minimum absolute atomic E-state index is 0.0626. The van der Waals surface area contributed by atoms with E-state index in [1.54, 1.807) is 12.1 Å². The maximum absolute atomic E-state index is 13.3. The fraction of sp³-hybridized carbons (Fsp3) is 0.208. The van der Waals surface area contributed by atoms with Gasteiger partial charge in [0.05, 0.1) is 5.75 Å². The highest BCUT2D eigenvalue weighted by atomic mass is 32.2. The number of carbonyl (C=O) groups is 1. The SMILES string of the molecule is Cc1cc(C(=O)CSc2nnc([C@@H]3COc4ccccc4O3)o2)c(C)n1-c1ccc(F)cc1. The van der Waals surface area contributed by atoms with Crippen LogP contribution in [-0.2, 0) is 0 Å². The first-order valence-corrected chi connectivity index (χ1v) is 11.3. The number of nitrogens with zero attached hydrogens (tertiary/aromatic N) is 3. The number of aryl methyl sites for hydroxylation is 1. The molecule has 0 aliphatic carbocycles. The molecule has 168 valence electrons. The van der Waals surface area contributed by atoms with Gasteiger partial charge in [-0.15, -0.1) is 10.2 Å². The summed E-state index contributed by atoms with van der Waals surface area (Å²) in [4.78, 5) is 12.9. The first-order chi connectivity index (χ1) is 16.0. The fourth-order valence-corrected chi connectivity index (χ4v) is 4.44. The fourth-order valence-electron chi connectivity index (χ4n) is 3.79. The van der Waals surface area contributed by atoms with Crippen LogP contribution in [0.15, 0.2) is 64.2 Å². The lowest BCUT2D eigenvalue weighted by atomic mass is 10.2. The lowest BCUT2D eigenvalue weighted by molar-refractivity contribution is 0.0686. The van der Waals surface area contributed by atoms with Crippen LogP contribution < -0.4 is 9.47 Å². The molecule has 0 fully saturated rings. The molecule has 3 heterocycles. The van der Waals surface area contributed by atoms with Gasteiger partial charge >= 0.3 is 0 Å². The summed E-state index contributed by atoms with van der Waals surface area (Å²) in [6.07, 6.45) is -0.507. The molecule has 0 unspecified atom stereocenters. The Morgan fingerprint density at radius 2 is 1.88 bits per heavy atom. The number of hydrogen-bond acceptors (Lipinski definition) is 7. The maximum atomic E-state index is 13.3. The molecular weight excluding hydrogens is 445 g/mol. The van der Waals surface area contributed by atoms with Gasteiger partial charge in [-0.05, 0) is 56.3 Å². The zero-order chi connectivity index (χ0) is 22.9. The highest BCUT2D eigenvalue weighted by molar-refractivity contribution is 7.99. The number of benzene rings is 2. The quantitative estimate of drug-likeness (QED) is 0.289. The molecule has 0 N–H and O–H groups in total. The van der Waals surface area contributed by atoms with Crippen LogP contribution in [0, 0.1) is 19.7 Å². The minimum Gasteiger partial charge on any atom is -0.485 e. The van der Waals surface area contributed by atoms with E-state index in [1.807, 2.05) is 48.7 Å². The van der Waals surface area contributed by atoms with Crippen molar-refractivity contribution in [3.63, 3.8) is 0 Å². The summed E-state index contributed by atoms with van der Waals surface area (Å²) in [5.41, 5.74) is 3.09. The van der Waals surface area contributed by atoms with E-state index in [1.165, 1.54) is 23.9 Å². The van der Waals surface area contributed by atoms with E-state index in [-0.39, 0.29) is 29.2 Å². The number of fused-ring (bicyclic) bond motifs is 1. The van der Waals surface area contributed by atoms with E-state index in [9.17, 15) is 9.18 Å². The first-order valence-electron chi connectivity index (χ1n) is 10.3. The van der Waals surface area contributed by atoms with Crippen molar-refractivity contribution in [3.8, 4) is 17.2 Å². The number of hydrogen-bond donors (Lipinski definition) is 0. The molecule has 1 aliphatic heterocycles. The molecule has 0 saturated heterocycles. The second kappa shape index (κ2) is 8.74. The largest absolute Gasteiger partial charge is 0.485 e. The Balaban J connectivity index is 1.26. The smallest absolute Gasteiger partial charge is 0.277 e. The number of rotatable bonds is 6. The number of para-hydroxylation sites is 2. The molecule has 0 saturated carbocycles. The van der Waals surface area contributed by atoms with E-state index in [4.69, 9.17) is 13.9 Å². The van der Waals surface area contributed by atoms with Gasteiger partial charge in [-0.3, -0.25) is 4.79 Å². The van der Waals surface area contributed by atoms with Gasteiger partial charge in [0, 0.05) is 22.6 Å². The summed E-state index contributed by atoms with van der Waals surface area (Å²) in [5.74, 6) is 1.36. The molecule has 0 radical (unpaired) electrons. The molecular formula is C24H20FN3O4S. The maximum Gasteiger partial charge on any atom is 0.277 e. The van der Waals surface area contributed by atoms with Crippen molar-refractivity contribution < 1.29 is 23.1 Å². The number of Topliss-reactive ketones (excluding diaryl/α,β-unsaturated/α-hetero) is 1. The zero-order valence-electron chi connectivity index (χ0n) is 17.9. The Kier molecular flexibility index (Phi) is 5.63. The average Bonchev–Trinajstić information content (AvgIpc) is 3.42. The molecule has 0 spiro atoms. The Morgan fingerprint density at radius 1 is 1.12 bits per heavy atom. The molecule has 2 aromatic heterocycles. The minimum atomic E-state index is -0.507. The van der Waals surface area contributed by atoms with Crippen molar-refractivity contribution >= 4 is 17.5 Å². The predicted molar refractivity (Wildman–Crippen MR) is 120 cm³/mol. The second-order valence-electron chi connectivity index (χ2n) is 7.58. The molecule has 0 amide bonds. The molecule has 0 bridgehead atoms. The van der Waals surface area contributed by atoms with Gasteiger partial charge in [0.25, 0.3) is 11.1 Å². The third-order valence-electron chi connectivity index (χ3n) is 5.35. The molecule has 5 rings (SSSR count). The van der Waals surface area contributed by atoms with E-state index < -0.39 is 6.10 Å². The van der Waals surface area contributed by atoms with Gasteiger partial charge in [-0.25, -0.2) is 4.39 Å². The van der Waals surface area contributed by atoms with Gasteiger partial charge in [0.1, 0.15) is 12.4 Å². The summed E-state index contributed by atoms with van der Waals surface area (Å²) in [7, 11) is 0. The highest BCUT2D eigenvalue weighted by Crippen LogP contribution is 2.36. The Bertz CT molecular complexity index is 1320. The predicted octanol–water partition coefficient (Wildman–Crippen LogP) is 5.10. The van der Waals surface area contributed by atoms with Gasteiger partial charge in [0.15, 0.2) is 17.3 Å². The van der Waals surface area contributed by atoms with Crippen LogP contribution in [0.3, 0.4) is 0 Å². The molecule has 7 nitrogen and oxygen atoms in total. The highest BCUT2D eigenvalue weighted by Gasteiger charge is 2.27. The van der Waals surface area contributed by atoms with E-state index in [2.05, 4.69) is 10.2 Å². The Labute approximate surface area is 193 Å². The van der Waals surface area contributed by atoms with Gasteiger partial charge in [-0.2, -0.15) is 0 Å². The number of carbonyl (C=O) groups excluding carboxylic acids is 1. The van der Waals surface area contributed by atoms with Crippen LogP contribution >= 0.6 is 11.8 Å². The van der Waals surface area contributed by atoms with E-state index in [0.717, 1.165) is 17.1 Å². The number of thioether (sulfide) groups is 1. The molecule has 2 aromatic carbocycles. The van der Waals surface area contributed by atoms with Crippen molar-refractivity contribution in [1.82, 2.24) is 14.8 Å². The number of halogens is 1. The standard InChI is InChI=1S/C24H20FN3O4S/c1-14-11-18(15(2)28(14)17-9-7-16(25)8-10-17)19(29)13-33-24-27-26-23(32-24)22-12-30-20-5-3-4-6-21(20)31-22/h3-11,22H,12-13H2,1-2H3/t22-/m0/s1. The van der Waals surface area contributed by atoms with Crippen molar-refractivity contribution in [2.75, 3.05) is 12.4 Å². The normalized spacial score (nSPS) is 14.9. The zero-order valence-corrected chi connectivity index (χ0v) is 18.8.